The molecule has 0 saturated carbocycles. The molecule has 0 saturated heterocycles. The van der Waals surface area contributed by atoms with Gasteiger partial charge in [-0.15, -0.1) is 0 Å². The Labute approximate surface area is 141 Å². The SMILES string of the molecule is CNS(=O)(=O)c1cc(C(=O)Nc2ccc(OC)cc2)cc(C)c1C. The molecule has 7 heteroatoms. The van der Waals surface area contributed by atoms with Crippen molar-refractivity contribution in [1.29, 1.82) is 0 Å². The number of amides is 1. The molecular formula is C17H20N2O4S. The monoisotopic (exact) mass is 348 g/mol. The fraction of sp³-hybridized carbons (Fsp3) is 0.235. The highest BCUT2D eigenvalue weighted by molar-refractivity contribution is 7.89. The fourth-order valence-corrected chi connectivity index (χ4v) is 3.29. The molecule has 0 fully saturated rings. The van der Waals surface area contributed by atoms with Gasteiger partial charge in [0, 0.05) is 11.3 Å². The maximum atomic E-state index is 12.4. The van der Waals surface area contributed by atoms with E-state index in [1.165, 1.54) is 13.1 Å². The zero-order valence-corrected chi connectivity index (χ0v) is 14.8. The Morgan fingerprint density at radius 3 is 2.25 bits per heavy atom. The Kier molecular flexibility index (Phi) is 5.26. The molecule has 0 heterocycles. The summed E-state index contributed by atoms with van der Waals surface area (Å²) in [6.07, 6.45) is 0. The first-order valence-electron chi connectivity index (χ1n) is 7.28. The molecule has 0 spiro atoms. The molecule has 0 aliphatic carbocycles. The first kappa shape index (κ1) is 18.0. The summed E-state index contributed by atoms with van der Waals surface area (Å²) in [5.74, 6) is 0.303. The lowest BCUT2D eigenvalue weighted by Gasteiger charge is -2.12. The third-order valence-corrected chi connectivity index (χ3v) is 5.33. The molecule has 1 amide bonds. The van der Waals surface area contributed by atoms with Crippen molar-refractivity contribution in [2.24, 2.45) is 0 Å². The number of sulfonamides is 1. The van der Waals surface area contributed by atoms with Crippen molar-refractivity contribution >= 4 is 21.6 Å². The van der Waals surface area contributed by atoms with Crippen LogP contribution in [0, 0.1) is 13.8 Å². The molecule has 0 aliphatic heterocycles. The Bertz CT molecular complexity index is 859. The first-order valence-corrected chi connectivity index (χ1v) is 8.77. The van der Waals surface area contributed by atoms with Crippen LogP contribution in [0.25, 0.3) is 0 Å². The number of ether oxygens (including phenoxy) is 1. The van der Waals surface area contributed by atoms with Gasteiger partial charge in [0.15, 0.2) is 0 Å². The lowest BCUT2D eigenvalue weighted by atomic mass is 10.1. The minimum absolute atomic E-state index is 0.102. The van der Waals surface area contributed by atoms with Crippen LogP contribution < -0.4 is 14.8 Å². The van der Waals surface area contributed by atoms with E-state index in [0.717, 1.165) is 5.56 Å². The predicted molar refractivity (Wildman–Crippen MR) is 93.1 cm³/mol. The molecule has 128 valence electrons. The number of rotatable bonds is 5. The minimum Gasteiger partial charge on any atom is -0.497 e. The molecule has 2 rings (SSSR count). The van der Waals surface area contributed by atoms with E-state index in [1.54, 1.807) is 51.3 Å². The first-order chi connectivity index (χ1) is 11.3. The summed E-state index contributed by atoms with van der Waals surface area (Å²) < 4.78 is 31.6. The van der Waals surface area contributed by atoms with Gasteiger partial charge in [-0.05, 0) is 68.4 Å². The Morgan fingerprint density at radius 2 is 1.71 bits per heavy atom. The van der Waals surface area contributed by atoms with Gasteiger partial charge in [0.1, 0.15) is 5.75 Å². The quantitative estimate of drug-likeness (QED) is 0.869. The molecule has 2 N–H and O–H groups in total. The molecule has 0 radical (unpaired) electrons. The number of anilines is 1. The lowest BCUT2D eigenvalue weighted by Crippen LogP contribution is -2.21. The van der Waals surface area contributed by atoms with Crippen LogP contribution >= 0.6 is 0 Å². The van der Waals surface area contributed by atoms with Gasteiger partial charge in [-0.2, -0.15) is 0 Å². The zero-order valence-electron chi connectivity index (χ0n) is 14.0. The van der Waals surface area contributed by atoms with E-state index >= 15 is 0 Å². The number of aryl methyl sites for hydroxylation is 1. The number of nitrogens with one attached hydrogen (secondary N) is 2. The van der Waals surface area contributed by atoms with E-state index in [1.807, 2.05) is 0 Å². The zero-order chi connectivity index (χ0) is 17.9. The molecule has 0 atom stereocenters. The molecule has 0 aromatic heterocycles. The van der Waals surface area contributed by atoms with Crippen LogP contribution in [-0.2, 0) is 10.0 Å². The van der Waals surface area contributed by atoms with Gasteiger partial charge >= 0.3 is 0 Å². The van der Waals surface area contributed by atoms with Crippen LogP contribution in [0.5, 0.6) is 5.75 Å². The molecule has 24 heavy (non-hydrogen) atoms. The van der Waals surface area contributed by atoms with Gasteiger partial charge < -0.3 is 10.1 Å². The Hall–Kier alpha value is -2.38. The summed E-state index contributed by atoms with van der Waals surface area (Å²) in [5, 5.41) is 2.74. The van der Waals surface area contributed by atoms with Crippen molar-refractivity contribution in [1.82, 2.24) is 4.72 Å². The van der Waals surface area contributed by atoms with Crippen molar-refractivity contribution in [3.8, 4) is 5.75 Å². The summed E-state index contributed by atoms with van der Waals surface area (Å²) in [6, 6.07) is 9.93. The predicted octanol–water partition coefficient (Wildman–Crippen LogP) is 2.47. The molecule has 0 unspecified atom stereocenters. The molecule has 2 aromatic rings. The van der Waals surface area contributed by atoms with Crippen LogP contribution in [-0.4, -0.2) is 28.5 Å². The van der Waals surface area contributed by atoms with Crippen LogP contribution in [0.2, 0.25) is 0 Å². The van der Waals surface area contributed by atoms with Gasteiger partial charge in [0.2, 0.25) is 10.0 Å². The minimum atomic E-state index is -3.64. The third kappa shape index (κ3) is 3.74. The summed E-state index contributed by atoms with van der Waals surface area (Å²) in [5.41, 5.74) is 2.22. The number of hydrogen-bond donors (Lipinski definition) is 2. The Balaban J connectivity index is 2.35. The van der Waals surface area contributed by atoms with Crippen molar-refractivity contribution < 1.29 is 17.9 Å². The fourth-order valence-electron chi connectivity index (χ4n) is 2.22. The van der Waals surface area contributed by atoms with Crippen LogP contribution in [0.15, 0.2) is 41.3 Å². The highest BCUT2D eigenvalue weighted by atomic mass is 32.2. The number of hydrogen-bond acceptors (Lipinski definition) is 4. The largest absolute Gasteiger partial charge is 0.497 e. The van der Waals surface area contributed by atoms with E-state index < -0.39 is 10.0 Å². The second-order valence-electron chi connectivity index (χ2n) is 5.31. The smallest absolute Gasteiger partial charge is 0.255 e. The molecule has 6 nitrogen and oxygen atoms in total. The topological polar surface area (TPSA) is 84.5 Å². The van der Waals surface area contributed by atoms with Gasteiger partial charge in [0.25, 0.3) is 5.91 Å². The molecule has 2 aromatic carbocycles. The van der Waals surface area contributed by atoms with Gasteiger partial charge in [-0.25, -0.2) is 13.1 Å². The number of carbonyl (C=O) groups is 1. The van der Waals surface area contributed by atoms with Crippen molar-refractivity contribution in [2.75, 3.05) is 19.5 Å². The van der Waals surface area contributed by atoms with E-state index in [2.05, 4.69) is 10.0 Å². The van der Waals surface area contributed by atoms with Crippen LogP contribution in [0.1, 0.15) is 21.5 Å². The van der Waals surface area contributed by atoms with Crippen molar-refractivity contribution in [3.63, 3.8) is 0 Å². The van der Waals surface area contributed by atoms with E-state index in [9.17, 15) is 13.2 Å². The average Bonchev–Trinajstić information content (AvgIpc) is 2.57. The number of carbonyl (C=O) groups excluding carboxylic acids is 1. The standard InChI is InChI=1S/C17H20N2O4S/c1-11-9-13(10-16(12(11)2)24(21,22)18-3)17(20)19-14-5-7-15(23-4)8-6-14/h5-10,18H,1-4H3,(H,19,20). The maximum absolute atomic E-state index is 12.4. The normalized spacial score (nSPS) is 11.2. The van der Waals surface area contributed by atoms with E-state index in [0.29, 0.717) is 17.0 Å². The molecule has 0 bridgehead atoms. The highest BCUT2D eigenvalue weighted by Crippen LogP contribution is 2.22. The number of methoxy groups -OCH3 is 1. The van der Waals surface area contributed by atoms with E-state index in [-0.39, 0.29) is 16.4 Å². The third-order valence-electron chi connectivity index (χ3n) is 3.79. The molecule has 0 aliphatic rings. The van der Waals surface area contributed by atoms with E-state index in [4.69, 9.17) is 4.74 Å². The van der Waals surface area contributed by atoms with Gasteiger partial charge in [-0.3, -0.25) is 4.79 Å². The second-order valence-corrected chi connectivity index (χ2v) is 7.16. The second kappa shape index (κ2) is 7.02. The number of benzene rings is 2. The average molecular weight is 348 g/mol. The van der Waals surface area contributed by atoms with Crippen molar-refractivity contribution in [2.45, 2.75) is 18.7 Å². The van der Waals surface area contributed by atoms with Crippen LogP contribution in [0.3, 0.4) is 0 Å². The summed E-state index contributed by atoms with van der Waals surface area (Å²) in [7, 11) is -0.732. The Morgan fingerprint density at radius 1 is 1.08 bits per heavy atom. The van der Waals surface area contributed by atoms with Crippen LogP contribution in [0.4, 0.5) is 5.69 Å². The summed E-state index contributed by atoms with van der Waals surface area (Å²) >= 11 is 0. The summed E-state index contributed by atoms with van der Waals surface area (Å²) in [4.78, 5) is 12.5. The summed E-state index contributed by atoms with van der Waals surface area (Å²) in [6.45, 7) is 3.49. The van der Waals surface area contributed by atoms with Crippen molar-refractivity contribution in [3.05, 3.63) is 53.1 Å². The molecular weight excluding hydrogens is 328 g/mol. The lowest BCUT2D eigenvalue weighted by molar-refractivity contribution is 0.102. The van der Waals surface area contributed by atoms with Gasteiger partial charge in [-0.1, -0.05) is 0 Å². The van der Waals surface area contributed by atoms with Gasteiger partial charge in [0.05, 0.1) is 12.0 Å². The maximum Gasteiger partial charge on any atom is 0.255 e. The highest BCUT2D eigenvalue weighted by Gasteiger charge is 2.19.